The van der Waals surface area contributed by atoms with E-state index in [1.807, 2.05) is 12.1 Å². The molecule has 112 valence electrons. The summed E-state index contributed by atoms with van der Waals surface area (Å²) in [6, 6.07) is 21.8. The van der Waals surface area contributed by atoms with Gasteiger partial charge in [-0.1, -0.05) is 60.7 Å². The van der Waals surface area contributed by atoms with Crippen LogP contribution in [0.25, 0.3) is 0 Å². The van der Waals surface area contributed by atoms with Gasteiger partial charge in [0.1, 0.15) is 6.23 Å². The Hall–Kier alpha value is -1.72. The molecule has 0 aromatic heterocycles. The summed E-state index contributed by atoms with van der Waals surface area (Å²) in [6.45, 7) is 0. The van der Waals surface area contributed by atoms with Crippen molar-refractivity contribution < 1.29 is 9.84 Å². The summed E-state index contributed by atoms with van der Waals surface area (Å²) in [5.41, 5.74) is 2.55. The Morgan fingerprint density at radius 3 is 2.23 bits per heavy atom. The second-order valence-corrected chi connectivity index (χ2v) is 6.29. The minimum absolute atomic E-state index is 0.0459. The zero-order valence-corrected chi connectivity index (χ0v) is 12.0. The smallest absolute Gasteiger partial charge is 0.174 e. The van der Waals surface area contributed by atoms with Crippen molar-refractivity contribution in [3.05, 3.63) is 71.8 Å². The van der Waals surface area contributed by atoms with Gasteiger partial charge in [0, 0.05) is 0 Å². The van der Waals surface area contributed by atoms with Crippen LogP contribution < -0.4 is 5.32 Å². The van der Waals surface area contributed by atoms with E-state index in [0.717, 1.165) is 0 Å². The molecule has 3 aliphatic rings. The van der Waals surface area contributed by atoms with Crippen molar-refractivity contribution in [2.75, 3.05) is 0 Å². The molecule has 0 spiro atoms. The van der Waals surface area contributed by atoms with Crippen LogP contribution in [0.1, 0.15) is 23.2 Å². The highest BCUT2D eigenvalue weighted by molar-refractivity contribution is 5.33. The van der Waals surface area contributed by atoms with Gasteiger partial charge in [-0.25, -0.2) is 0 Å². The summed E-state index contributed by atoms with van der Waals surface area (Å²) in [4.78, 5) is 2.29. The van der Waals surface area contributed by atoms with E-state index in [9.17, 15) is 5.11 Å². The molecular formula is C18H18N2O2. The van der Waals surface area contributed by atoms with Crippen molar-refractivity contribution in [2.24, 2.45) is 0 Å². The van der Waals surface area contributed by atoms with E-state index in [2.05, 4.69) is 58.7 Å². The Morgan fingerprint density at radius 1 is 0.909 bits per heavy atom. The van der Waals surface area contributed by atoms with Crippen LogP contribution in [-0.4, -0.2) is 34.6 Å². The van der Waals surface area contributed by atoms with Crippen molar-refractivity contribution >= 4 is 0 Å². The molecule has 3 aliphatic heterocycles. The molecule has 3 heterocycles. The van der Waals surface area contributed by atoms with Gasteiger partial charge < -0.3 is 15.2 Å². The van der Waals surface area contributed by atoms with Crippen molar-refractivity contribution in [3.8, 4) is 0 Å². The van der Waals surface area contributed by atoms with Crippen molar-refractivity contribution in [3.63, 3.8) is 0 Å². The molecule has 3 saturated heterocycles. The third-order valence-electron chi connectivity index (χ3n) is 4.99. The topological polar surface area (TPSA) is 54.4 Å². The van der Waals surface area contributed by atoms with Crippen molar-refractivity contribution in [1.29, 1.82) is 0 Å². The van der Waals surface area contributed by atoms with Crippen LogP contribution in [0.3, 0.4) is 0 Å². The van der Waals surface area contributed by atoms with E-state index in [-0.39, 0.29) is 24.4 Å². The first-order chi connectivity index (χ1) is 10.8. The first kappa shape index (κ1) is 12.8. The first-order valence-electron chi connectivity index (χ1n) is 7.81. The molecule has 0 radical (unpaired) electrons. The van der Waals surface area contributed by atoms with Gasteiger partial charge in [0.2, 0.25) is 0 Å². The van der Waals surface area contributed by atoms with Crippen LogP contribution in [-0.2, 0) is 4.74 Å². The fourth-order valence-electron chi connectivity index (χ4n) is 3.84. The predicted molar refractivity (Wildman–Crippen MR) is 81.8 cm³/mol. The number of benzene rings is 2. The van der Waals surface area contributed by atoms with E-state index >= 15 is 0 Å². The Bertz CT molecular complexity index is 678. The van der Waals surface area contributed by atoms with Crippen LogP contribution in [0.2, 0.25) is 0 Å². The lowest BCUT2D eigenvalue weighted by Gasteiger charge is -2.17. The minimum Gasteiger partial charge on any atom is -0.366 e. The average molecular weight is 294 g/mol. The van der Waals surface area contributed by atoms with Crippen LogP contribution >= 0.6 is 0 Å². The second-order valence-electron chi connectivity index (χ2n) is 6.29. The monoisotopic (exact) mass is 294 g/mol. The molecule has 5 rings (SSSR count). The molecule has 0 amide bonds. The molecule has 3 fully saturated rings. The summed E-state index contributed by atoms with van der Waals surface area (Å²) in [5, 5.41) is 13.7. The Balaban J connectivity index is 1.35. The first-order valence-corrected chi connectivity index (χ1v) is 7.81. The largest absolute Gasteiger partial charge is 0.366 e. The van der Waals surface area contributed by atoms with Gasteiger partial charge in [-0.2, -0.15) is 0 Å². The standard InChI is InChI=1S/C18H18N2O2/c21-18-16-15(12-9-5-2-6-10-12)20(16)17(22-18)14-13(19-14)11-7-3-1-4-8-11/h1-10,13-19,21H/t13-,14?,15-,16?,17?,18-,20+/m1/s1. The SMILES string of the molecule is O[C@@H]1OC(C2N[C@@H]2c2ccccc2)[N@]2C1[C@H]2c1ccccc1. The van der Waals surface area contributed by atoms with Crippen LogP contribution in [0, 0.1) is 0 Å². The molecule has 2 N–H and O–H groups in total. The fourth-order valence-corrected chi connectivity index (χ4v) is 3.84. The molecule has 7 atom stereocenters. The summed E-state index contributed by atoms with van der Waals surface area (Å²) >= 11 is 0. The quantitative estimate of drug-likeness (QED) is 0.848. The molecule has 0 bridgehead atoms. The predicted octanol–water partition coefficient (Wildman–Crippen LogP) is 1.80. The van der Waals surface area contributed by atoms with Gasteiger partial charge in [-0.05, 0) is 11.1 Å². The zero-order chi connectivity index (χ0) is 14.7. The molecule has 22 heavy (non-hydrogen) atoms. The van der Waals surface area contributed by atoms with Gasteiger partial charge in [0.25, 0.3) is 0 Å². The molecule has 4 nitrogen and oxygen atoms in total. The van der Waals surface area contributed by atoms with E-state index in [0.29, 0.717) is 6.04 Å². The summed E-state index contributed by atoms with van der Waals surface area (Å²) in [5.74, 6) is 0. The normalized spacial score (nSPS) is 42.0. The van der Waals surface area contributed by atoms with Gasteiger partial charge in [-0.3, -0.25) is 4.90 Å². The maximum atomic E-state index is 10.2. The number of nitrogens with zero attached hydrogens (tertiary/aromatic N) is 1. The maximum Gasteiger partial charge on any atom is 0.174 e. The third-order valence-corrected chi connectivity index (χ3v) is 4.99. The number of hydrogen-bond donors (Lipinski definition) is 2. The molecule has 2 aromatic rings. The van der Waals surface area contributed by atoms with E-state index < -0.39 is 6.29 Å². The lowest BCUT2D eigenvalue weighted by Crippen LogP contribution is -2.29. The Morgan fingerprint density at radius 2 is 1.55 bits per heavy atom. The fraction of sp³-hybridized carbons (Fsp3) is 0.333. The molecule has 2 aromatic carbocycles. The second kappa shape index (κ2) is 4.64. The van der Waals surface area contributed by atoms with Gasteiger partial charge in [0.05, 0.1) is 24.2 Å². The summed E-state index contributed by atoms with van der Waals surface area (Å²) in [6.07, 6.45) is -0.732. The van der Waals surface area contributed by atoms with E-state index in [4.69, 9.17) is 4.74 Å². The molecular weight excluding hydrogens is 276 g/mol. The average Bonchev–Trinajstić information content (AvgIpc) is 3.47. The molecule has 4 heteroatoms. The minimum atomic E-state index is -0.686. The van der Waals surface area contributed by atoms with Gasteiger partial charge in [-0.15, -0.1) is 0 Å². The van der Waals surface area contributed by atoms with E-state index in [1.165, 1.54) is 11.1 Å². The molecule has 3 unspecified atom stereocenters. The zero-order valence-electron chi connectivity index (χ0n) is 12.0. The lowest BCUT2D eigenvalue weighted by atomic mass is 10.1. The number of aliphatic hydroxyl groups excluding tert-OH is 1. The molecule has 0 aliphatic carbocycles. The number of ether oxygens (including phenoxy) is 1. The third kappa shape index (κ3) is 1.85. The summed E-state index contributed by atoms with van der Waals surface area (Å²) < 4.78 is 5.77. The maximum absolute atomic E-state index is 10.2. The molecule has 0 saturated carbocycles. The van der Waals surface area contributed by atoms with Crippen LogP contribution in [0.5, 0.6) is 0 Å². The van der Waals surface area contributed by atoms with E-state index in [1.54, 1.807) is 0 Å². The number of hydrogen-bond acceptors (Lipinski definition) is 4. The Kier molecular flexibility index (Phi) is 2.69. The highest BCUT2D eigenvalue weighted by Gasteiger charge is 2.66. The lowest BCUT2D eigenvalue weighted by molar-refractivity contribution is -0.118. The number of nitrogens with one attached hydrogen (secondary N) is 1. The highest BCUT2D eigenvalue weighted by atomic mass is 16.6. The van der Waals surface area contributed by atoms with Crippen molar-refractivity contribution in [1.82, 2.24) is 10.2 Å². The summed E-state index contributed by atoms with van der Waals surface area (Å²) in [7, 11) is 0. The van der Waals surface area contributed by atoms with Crippen LogP contribution in [0.4, 0.5) is 0 Å². The highest BCUT2D eigenvalue weighted by Crippen LogP contribution is 2.55. The van der Waals surface area contributed by atoms with Crippen LogP contribution in [0.15, 0.2) is 60.7 Å². The van der Waals surface area contributed by atoms with Gasteiger partial charge >= 0.3 is 0 Å². The van der Waals surface area contributed by atoms with Crippen molar-refractivity contribution in [2.45, 2.75) is 36.7 Å². The Labute approximate surface area is 129 Å². The number of rotatable bonds is 3. The van der Waals surface area contributed by atoms with Gasteiger partial charge in [0.15, 0.2) is 6.29 Å². The number of fused-ring (bicyclic) bond motifs is 1. The number of aliphatic hydroxyl groups is 1.